The Morgan fingerprint density at radius 3 is 2.42 bits per heavy atom. The van der Waals surface area contributed by atoms with Gasteiger partial charge in [-0.25, -0.2) is 17.6 Å². The number of hydrogen-bond acceptors (Lipinski definition) is 5. The third kappa shape index (κ3) is 6.57. The number of benzene rings is 3. The van der Waals surface area contributed by atoms with E-state index in [9.17, 15) is 27.5 Å². The molecule has 1 aliphatic heterocycles. The first-order valence-corrected chi connectivity index (χ1v) is 12.3. The molecule has 1 saturated heterocycles. The van der Waals surface area contributed by atoms with Crippen molar-refractivity contribution in [3.63, 3.8) is 0 Å². The molecule has 0 radical (unpaired) electrons. The zero-order valence-electron chi connectivity index (χ0n) is 20.5. The third-order valence-corrected chi connectivity index (χ3v) is 6.67. The number of nitrogens with one attached hydrogen (secondary N) is 2. The number of halogens is 4. The Hall–Kier alpha value is -3.31. The monoisotopic (exact) mass is 531 g/mol. The van der Waals surface area contributed by atoms with Crippen LogP contribution >= 0.6 is 0 Å². The Bertz CT molecular complexity index is 1250. The Morgan fingerprint density at radius 2 is 1.76 bits per heavy atom. The summed E-state index contributed by atoms with van der Waals surface area (Å²) in [6, 6.07) is 11.2. The van der Waals surface area contributed by atoms with E-state index in [0.717, 1.165) is 12.1 Å². The van der Waals surface area contributed by atoms with Gasteiger partial charge in [-0.05, 0) is 60.4 Å². The normalized spacial score (nSPS) is 19.1. The molecular formula is C28H29F4N3O3. The highest BCUT2D eigenvalue weighted by Gasteiger charge is 2.30. The van der Waals surface area contributed by atoms with Crippen LogP contribution in [-0.2, 0) is 16.0 Å². The largest absolute Gasteiger partial charge is 0.395 e. The summed E-state index contributed by atoms with van der Waals surface area (Å²) >= 11 is 0. The van der Waals surface area contributed by atoms with Crippen LogP contribution in [0.1, 0.15) is 29.0 Å². The van der Waals surface area contributed by atoms with Crippen LogP contribution in [0, 0.1) is 23.3 Å². The Kier molecular flexibility index (Phi) is 9.11. The minimum atomic E-state index is -1.30. The molecule has 3 aromatic carbocycles. The van der Waals surface area contributed by atoms with Gasteiger partial charge in [0.1, 0.15) is 11.6 Å². The molecule has 4 rings (SSSR count). The number of amides is 1. The number of ether oxygens (including phenoxy) is 1. The smallest absolute Gasteiger partial charge is 0.242 e. The van der Waals surface area contributed by atoms with E-state index >= 15 is 0 Å². The lowest BCUT2D eigenvalue weighted by Gasteiger charge is -2.29. The highest BCUT2D eigenvalue weighted by atomic mass is 19.2. The number of aliphatic hydroxyl groups is 1. The summed E-state index contributed by atoms with van der Waals surface area (Å²) in [5.74, 6) is -4.81. The number of aliphatic hydroxyl groups excluding tert-OH is 1. The number of anilines is 1. The second kappa shape index (κ2) is 12.5. The van der Waals surface area contributed by atoms with Gasteiger partial charge in [-0.3, -0.25) is 4.79 Å². The van der Waals surface area contributed by atoms with E-state index in [1.165, 1.54) is 42.5 Å². The third-order valence-electron chi connectivity index (χ3n) is 6.67. The van der Waals surface area contributed by atoms with Gasteiger partial charge in [0, 0.05) is 23.7 Å². The summed E-state index contributed by atoms with van der Waals surface area (Å²) in [4.78, 5) is 13.3. The molecule has 0 saturated carbocycles. The van der Waals surface area contributed by atoms with Crippen molar-refractivity contribution >= 4 is 11.6 Å². The lowest BCUT2D eigenvalue weighted by atomic mass is 9.84. The fraction of sp³-hybridized carbons (Fsp3) is 0.321. The van der Waals surface area contributed by atoms with Gasteiger partial charge in [-0.2, -0.15) is 0 Å². The van der Waals surface area contributed by atoms with Gasteiger partial charge < -0.3 is 26.2 Å². The number of carbonyl (C=O) groups excluding carboxylic acids is 1. The van der Waals surface area contributed by atoms with E-state index in [1.807, 2.05) is 0 Å². The maximum Gasteiger partial charge on any atom is 0.242 e. The second-order valence-electron chi connectivity index (χ2n) is 9.27. The maximum absolute atomic E-state index is 14.8. The van der Waals surface area contributed by atoms with E-state index in [1.54, 1.807) is 6.07 Å². The number of hydrogen-bond donors (Lipinski definition) is 4. The first-order valence-electron chi connectivity index (χ1n) is 12.3. The average molecular weight is 532 g/mol. The minimum absolute atomic E-state index is 0.0417. The van der Waals surface area contributed by atoms with Crippen LogP contribution in [0.3, 0.4) is 0 Å². The van der Waals surface area contributed by atoms with Gasteiger partial charge >= 0.3 is 0 Å². The summed E-state index contributed by atoms with van der Waals surface area (Å²) in [6.07, 6.45) is 0.534. The molecule has 1 fully saturated rings. The van der Waals surface area contributed by atoms with Gasteiger partial charge in [-0.1, -0.05) is 24.3 Å². The molecule has 5 N–H and O–H groups in total. The van der Waals surface area contributed by atoms with Crippen molar-refractivity contribution in [3.05, 3.63) is 101 Å². The summed E-state index contributed by atoms with van der Waals surface area (Å²) in [6.45, 7) is 0.797. The fourth-order valence-electron chi connectivity index (χ4n) is 4.56. The Balaban J connectivity index is 1.54. The van der Waals surface area contributed by atoms with E-state index in [-0.39, 0.29) is 42.0 Å². The van der Waals surface area contributed by atoms with Gasteiger partial charge in [-0.15, -0.1) is 0 Å². The fourth-order valence-corrected chi connectivity index (χ4v) is 4.56. The molecule has 4 unspecified atom stereocenters. The van der Waals surface area contributed by atoms with Crippen LogP contribution in [0.15, 0.2) is 60.7 Å². The SMILES string of the molecule is NC(C(=O)Nc1cccc(F)c1CCC1CNC(CO)CO1)C(c1ccc(F)cc1)c1ccc(F)c(F)c1. The predicted molar refractivity (Wildman–Crippen MR) is 135 cm³/mol. The molecule has 1 amide bonds. The lowest BCUT2D eigenvalue weighted by Crippen LogP contribution is -2.48. The molecule has 6 nitrogen and oxygen atoms in total. The van der Waals surface area contributed by atoms with Gasteiger partial charge in [0.2, 0.25) is 5.91 Å². The van der Waals surface area contributed by atoms with Gasteiger partial charge in [0.25, 0.3) is 0 Å². The van der Waals surface area contributed by atoms with Crippen molar-refractivity contribution in [2.45, 2.75) is 36.9 Å². The molecule has 38 heavy (non-hydrogen) atoms. The standard InChI is InChI=1S/C28H29F4N3O3/c29-18-7-4-16(5-8-18)26(17-6-11-23(31)24(32)12-17)27(33)28(37)35-25-3-1-2-22(30)21(25)10-9-20-13-34-19(14-36)15-38-20/h1-8,11-12,19-20,26-27,34,36H,9-10,13-15,33H2,(H,35,37). The first kappa shape index (κ1) is 27.7. The van der Waals surface area contributed by atoms with Crippen molar-refractivity contribution in [1.29, 1.82) is 0 Å². The van der Waals surface area contributed by atoms with Crippen molar-refractivity contribution < 1.29 is 32.2 Å². The molecule has 0 spiro atoms. The van der Waals surface area contributed by atoms with E-state index in [2.05, 4.69) is 10.6 Å². The molecule has 0 aliphatic carbocycles. The van der Waals surface area contributed by atoms with Gasteiger partial charge in [0.15, 0.2) is 11.6 Å². The minimum Gasteiger partial charge on any atom is -0.395 e. The van der Waals surface area contributed by atoms with E-state index in [0.29, 0.717) is 25.1 Å². The summed E-state index contributed by atoms with van der Waals surface area (Å²) < 4.78 is 61.7. The number of rotatable bonds is 9. The van der Waals surface area contributed by atoms with Crippen LogP contribution in [-0.4, -0.2) is 49.0 Å². The zero-order chi connectivity index (χ0) is 27.2. The van der Waals surface area contributed by atoms with Crippen LogP contribution in [0.4, 0.5) is 23.2 Å². The summed E-state index contributed by atoms with van der Waals surface area (Å²) in [7, 11) is 0. The molecule has 10 heteroatoms. The molecule has 3 aromatic rings. The number of nitrogens with two attached hydrogens (primary N) is 1. The maximum atomic E-state index is 14.8. The summed E-state index contributed by atoms with van der Waals surface area (Å²) in [5.41, 5.74) is 7.48. The highest BCUT2D eigenvalue weighted by molar-refractivity contribution is 5.96. The van der Waals surface area contributed by atoms with Crippen LogP contribution in [0.2, 0.25) is 0 Å². The van der Waals surface area contributed by atoms with Crippen LogP contribution in [0.5, 0.6) is 0 Å². The van der Waals surface area contributed by atoms with Crippen molar-refractivity contribution in [1.82, 2.24) is 5.32 Å². The van der Waals surface area contributed by atoms with Crippen LogP contribution in [0.25, 0.3) is 0 Å². The van der Waals surface area contributed by atoms with Crippen molar-refractivity contribution in [2.75, 3.05) is 25.1 Å². The van der Waals surface area contributed by atoms with E-state index in [4.69, 9.17) is 10.5 Å². The highest BCUT2D eigenvalue weighted by Crippen LogP contribution is 2.30. The molecule has 0 aromatic heterocycles. The molecule has 202 valence electrons. The molecular weight excluding hydrogens is 502 g/mol. The topological polar surface area (TPSA) is 96.6 Å². The van der Waals surface area contributed by atoms with E-state index < -0.39 is 41.1 Å². The summed E-state index contributed by atoms with van der Waals surface area (Å²) in [5, 5.41) is 15.0. The quantitative estimate of drug-likeness (QED) is 0.317. The zero-order valence-corrected chi connectivity index (χ0v) is 20.5. The number of carbonyl (C=O) groups is 1. The molecule has 4 atom stereocenters. The lowest BCUT2D eigenvalue weighted by molar-refractivity contribution is -0.117. The predicted octanol–water partition coefficient (Wildman–Crippen LogP) is 3.62. The van der Waals surface area contributed by atoms with Gasteiger partial charge in [0.05, 0.1) is 31.4 Å². The molecule has 1 heterocycles. The van der Waals surface area contributed by atoms with Crippen LogP contribution < -0.4 is 16.4 Å². The number of morpholine rings is 1. The average Bonchev–Trinajstić information content (AvgIpc) is 2.91. The van der Waals surface area contributed by atoms with Crippen molar-refractivity contribution in [2.24, 2.45) is 5.73 Å². The second-order valence-corrected chi connectivity index (χ2v) is 9.27. The Labute approximate surface area is 217 Å². The Morgan fingerprint density at radius 1 is 1.03 bits per heavy atom. The molecule has 0 bridgehead atoms. The van der Waals surface area contributed by atoms with Crippen molar-refractivity contribution in [3.8, 4) is 0 Å². The molecule has 1 aliphatic rings. The first-order chi connectivity index (χ1) is 18.3.